The molecule has 6 nitrogen and oxygen atoms in total. The normalized spacial score (nSPS) is 13.0. The Morgan fingerprint density at radius 2 is 1.67 bits per heavy atom. The summed E-state index contributed by atoms with van der Waals surface area (Å²) in [4.78, 5) is 36.2. The Morgan fingerprint density at radius 1 is 1.00 bits per heavy atom. The Labute approximate surface area is 163 Å². The van der Waals surface area contributed by atoms with Crippen LogP contribution in [0.4, 0.5) is 0 Å². The fourth-order valence-electron chi connectivity index (χ4n) is 2.19. The number of hydrogen-bond donors (Lipinski definition) is 1. The summed E-state index contributed by atoms with van der Waals surface area (Å²) >= 11 is 0. The molecule has 0 heterocycles. The third-order valence-electron chi connectivity index (χ3n) is 3.91. The van der Waals surface area contributed by atoms with Gasteiger partial charge in [0.25, 0.3) is 0 Å². The second kappa shape index (κ2) is 14.0. The van der Waals surface area contributed by atoms with Crippen LogP contribution in [0.25, 0.3) is 0 Å². The first-order valence-corrected chi connectivity index (χ1v) is 9.54. The van der Waals surface area contributed by atoms with Crippen molar-refractivity contribution in [2.45, 2.75) is 59.4 Å². The number of allylic oxidation sites excluding steroid dienone is 2. The molecule has 0 radical (unpaired) electrons. The number of amides is 1. The zero-order chi connectivity index (χ0) is 20.8. The highest BCUT2D eigenvalue weighted by atomic mass is 16.5. The molecule has 1 amide bonds. The largest absolute Gasteiger partial charge is 0.465 e. The maximum Gasteiger partial charge on any atom is 0.309 e. The lowest BCUT2D eigenvalue weighted by molar-refractivity contribution is -0.156. The first-order valence-electron chi connectivity index (χ1n) is 9.54. The van der Waals surface area contributed by atoms with Gasteiger partial charge in [0.2, 0.25) is 5.91 Å². The minimum Gasteiger partial charge on any atom is -0.465 e. The van der Waals surface area contributed by atoms with Gasteiger partial charge >= 0.3 is 11.9 Å². The lowest BCUT2D eigenvalue weighted by atomic mass is 10.0. The predicted molar refractivity (Wildman–Crippen MR) is 106 cm³/mol. The quantitative estimate of drug-likeness (QED) is 0.368. The summed E-state index contributed by atoms with van der Waals surface area (Å²) in [5.41, 5.74) is 0. The van der Waals surface area contributed by atoms with Gasteiger partial charge < -0.3 is 14.8 Å². The number of carbonyl (C=O) groups is 3. The van der Waals surface area contributed by atoms with Crippen LogP contribution in [0.3, 0.4) is 0 Å². The molecule has 0 aliphatic rings. The van der Waals surface area contributed by atoms with Gasteiger partial charge in [-0.2, -0.15) is 0 Å². The number of nitrogens with one attached hydrogen (secondary N) is 1. The van der Waals surface area contributed by atoms with E-state index in [4.69, 9.17) is 9.47 Å². The van der Waals surface area contributed by atoms with Gasteiger partial charge in [-0.3, -0.25) is 14.4 Å². The summed E-state index contributed by atoms with van der Waals surface area (Å²) in [5, 5.41) is 2.88. The topological polar surface area (TPSA) is 81.7 Å². The highest BCUT2D eigenvalue weighted by molar-refractivity contribution is 5.80. The van der Waals surface area contributed by atoms with E-state index in [-0.39, 0.29) is 36.8 Å². The second-order valence-electron chi connectivity index (χ2n) is 7.38. The SMILES string of the molecule is C=CCCC(=O)N[C@H](COC(=O)C(CC=C)CC(=O)OCC(C)C)C(C)C. The molecule has 0 bridgehead atoms. The molecule has 0 aromatic rings. The fraction of sp³-hybridized carbons (Fsp3) is 0.667. The molecule has 2 atom stereocenters. The number of esters is 2. The molecule has 0 aliphatic heterocycles. The van der Waals surface area contributed by atoms with Crippen molar-refractivity contribution in [3.8, 4) is 0 Å². The Bertz CT molecular complexity index is 499. The van der Waals surface area contributed by atoms with Gasteiger partial charge in [0.1, 0.15) is 6.61 Å². The molecule has 154 valence electrons. The zero-order valence-corrected chi connectivity index (χ0v) is 17.2. The summed E-state index contributed by atoms with van der Waals surface area (Å²) in [5.74, 6) is -1.32. The lowest BCUT2D eigenvalue weighted by Crippen LogP contribution is -2.42. The summed E-state index contributed by atoms with van der Waals surface area (Å²) < 4.78 is 10.5. The van der Waals surface area contributed by atoms with Gasteiger partial charge in [-0.05, 0) is 24.7 Å². The molecular formula is C21H35NO5. The molecule has 27 heavy (non-hydrogen) atoms. The molecule has 0 fully saturated rings. The van der Waals surface area contributed by atoms with Crippen LogP contribution in [0.2, 0.25) is 0 Å². The van der Waals surface area contributed by atoms with Crippen LogP contribution in [0.1, 0.15) is 53.4 Å². The third kappa shape index (κ3) is 12.0. The van der Waals surface area contributed by atoms with Crippen LogP contribution in [0, 0.1) is 17.8 Å². The first kappa shape index (κ1) is 24.9. The summed E-state index contributed by atoms with van der Waals surface area (Å²) in [7, 11) is 0. The van der Waals surface area contributed by atoms with Crippen molar-refractivity contribution in [3.05, 3.63) is 25.3 Å². The van der Waals surface area contributed by atoms with Gasteiger partial charge in [0.15, 0.2) is 0 Å². The standard InChI is InChI=1S/C21H35NO5/c1-7-9-11-19(23)22-18(16(5)6)14-27-21(25)17(10-8-2)12-20(24)26-13-15(3)4/h7-8,15-18H,1-2,9-14H2,3-6H3,(H,22,23)/t17?,18-/m1/s1. The summed E-state index contributed by atoms with van der Waals surface area (Å²) in [6, 6.07) is -0.288. The predicted octanol–water partition coefficient (Wildman–Crippen LogP) is 3.42. The Hall–Kier alpha value is -2.11. The number of rotatable bonds is 14. The molecule has 6 heteroatoms. The molecular weight excluding hydrogens is 346 g/mol. The first-order chi connectivity index (χ1) is 12.7. The van der Waals surface area contributed by atoms with Gasteiger partial charge in [0, 0.05) is 6.42 Å². The van der Waals surface area contributed by atoms with Crippen LogP contribution in [0.5, 0.6) is 0 Å². The Morgan fingerprint density at radius 3 is 2.19 bits per heavy atom. The number of carbonyl (C=O) groups excluding carboxylic acids is 3. The Balaban J connectivity index is 4.65. The van der Waals surface area contributed by atoms with Gasteiger partial charge in [-0.25, -0.2) is 0 Å². The van der Waals surface area contributed by atoms with E-state index in [1.165, 1.54) is 0 Å². The average Bonchev–Trinajstić information content (AvgIpc) is 2.60. The van der Waals surface area contributed by atoms with E-state index in [0.29, 0.717) is 25.9 Å². The number of hydrogen-bond acceptors (Lipinski definition) is 5. The van der Waals surface area contributed by atoms with Gasteiger partial charge in [-0.1, -0.05) is 39.8 Å². The van der Waals surface area contributed by atoms with E-state index in [2.05, 4.69) is 18.5 Å². The molecule has 0 saturated carbocycles. The van der Waals surface area contributed by atoms with E-state index in [0.717, 1.165) is 0 Å². The molecule has 0 aromatic heterocycles. The molecule has 0 aromatic carbocycles. The van der Waals surface area contributed by atoms with Gasteiger partial charge in [-0.15, -0.1) is 13.2 Å². The van der Waals surface area contributed by atoms with Crippen LogP contribution in [0.15, 0.2) is 25.3 Å². The van der Waals surface area contributed by atoms with Crippen molar-refractivity contribution in [3.63, 3.8) is 0 Å². The third-order valence-corrected chi connectivity index (χ3v) is 3.91. The van der Waals surface area contributed by atoms with E-state index in [9.17, 15) is 14.4 Å². The van der Waals surface area contributed by atoms with Crippen molar-refractivity contribution < 1.29 is 23.9 Å². The van der Waals surface area contributed by atoms with Crippen molar-refractivity contribution in [1.82, 2.24) is 5.32 Å². The highest BCUT2D eigenvalue weighted by Crippen LogP contribution is 2.14. The highest BCUT2D eigenvalue weighted by Gasteiger charge is 2.25. The average molecular weight is 382 g/mol. The summed E-state index contributed by atoms with van der Waals surface area (Å²) in [6.07, 6.45) is 4.49. The lowest BCUT2D eigenvalue weighted by Gasteiger charge is -2.23. The molecule has 0 saturated heterocycles. The summed E-state index contributed by atoms with van der Waals surface area (Å²) in [6.45, 7) is 15.4. The van der Waals surface area contributed by atoms with Crippen molar-refractivity contribution in [2.75, 3.05) is 13.2 Å². The minimum absolute atomic E-state index is 0.0460. The molecule has 1 unspecified atom stereocenters. The molecule has 0 spiro atoms. The molecule has 0 aliphatic carbocycles. The maximum absolute atomic E-state index is 12.4. The second-order valence-corrected chi connectivity index (χ2v) is 7.38. The minimum atomic E-state index is -0.633. The van der Waals surface area contributed by atoms with Crippen molar-refractivity contribution in [1.29, 1.82) is 0 Å². The smallest absolute Gasteiger partial charge is 0.309 e. The van der Waals surface area contributed by atoms with Gasteiger partial charge in [0.05, 0.1) is 25.0 Å². The maximum atomic E-state index is 12.4. The van der Waals surface area contributed by atoms with Crippen molar-refractivity contribution >= 4 is 17.8 Å². The van der Waals surface area contributed by atoms with Crippen LogP contribution >= 0.6 is 0 Å². The van der Waals surface area contributed by atoms with E-state index in [1.807, 2.05) is 27.7 Å². The van der Waals surface area contributed by atoms with E-state index in [1.54, 1.807) is 12.2 Å². The molecule has 0 rings (SSSR count). The van der Waals surface area contributed by atoms with Crippen LogP contribution in [-0.4, -0.2) is 37.1 Å². The Kier molecular flexibility index (Phi) is 12.9. The fourth-order valence-corrected chi connectivity index (χ4v) is 2.19. The molecule has 1 N–H and O–H groups in total. The van der Waals surface area contributed by atoms with E-state index < -0.39 is 17.9 Å². The van der Waals surface area contributed by atoms with Crippen LogP contribution < -0.4 is 5.32 Å². The van der Waals surface area contributed by atoms with E-state index >= 15 is 0 Å². The number of ether oxygens (including phenoxy) is 2. The zero-order valence-electron chi connectivity index (χ0n) is 17.2. The van der Waals surface area contributed by atoms with Crippen LogP contribution in [-0.2, 0) is 23.9 Å². The monoisotopic (exact) mass is 381 g/mol. The van der Waals surface area contributed by atoms with Crippen molar-refractivity contribution in [2.24, 2.45) is 17.8 Å².